The molecular formula is C17H22BrN5O6. The van der Waals surface area contributed by atoms with Gasteiger partial charge in [0.15, 0.2) is 0 Å². The molecule has 1 aromatic rings. The molecule has 1 saturated heterocycles. The number of amides is 5. The first-order valence-corrected chi connectivity index (χ1v) is 9.80. The number of hydrogen-bond acceptors (Lipinski definition) is 7. The van der Waals surface area contributed by atoms with Crippen molar-refractivity contribution < 1.29 is 28.4 Å². The Kier molecular flexibility index (Phi) is 5.57. The molecule has 0 spiro atoms. The van der Waals surface area contributed by atoms with Crippen molar-refractivity contribution >= 4 is 39.7 Å². The van der Waals surface area contributed by atoms with Gasteiger partial charge < -0.3 is 25.2 Å². The Morgan fingerprint density at radius 3 is 2.52 bits per heavy atom. The van der Waals surface area contributed by atoms with Crippen LogP contribution in [0.4, 0.5) is 4.79 Å². The van der Waals surface area contributed by atoms with Crippen molar-refractivity contribution in [3.8, 4) is 5.88 Å². The number of carbonyl (C=O) groups excluding carboxylic acids is 4. The average Bonchev–Trinajstić information content (AvgIpc) is 3.08. The predicted octanol–water partition coefficient (Wildman–Crippen LogP) is 0.545. The van der Waals surface area contributed by atoms with Crippen LogP contribution in [0.15, 0.2) is 9.00 Å². The number of nitrogens with zero attached hydrogens (tertiary/aromatic N) is 2. The first-order chi connectivity index (χ1) is 13.6. The third-order valence-corrected chi connectivity index (χ3v) is 5.77. The lowest BCUT2D eigenvalue weighted by Crippen LogP contribution is -2.60. The fraction of sp³-hybridized carbons (Fsp3) is 0.588. The van der Waals surface area contributed by atoms with Crippen LogP contribution >= 0.6 is 15.9 Å². The van der Waals surface area contributed by atoms with Crippen molar-refractivity contribution in [3.05, 3.63) is 10.2 Å². The Morgan fingerprint density at radius 2 is 2.03 bits per heavy atom. The standard InChI is InChI=1S/C17H22BrN5O6/c1-16(2)14(26)23(15(27)21-16)7-9(24)19-8-17(5-4-6-17)20-12(25)11-10(18)13(28-3)22-29-11/h4-8H2,1-3H3,(H,19,24)(H,20,25)(H,21,27). The molecule has 3 rings (SSSR count). The molecule has 1 saturated carbocycles. The smallest absolute Gasteiger partial charge is 0.325 e. The van der Waals surface area contributed by atoms with Gasteiger partial charge in [0.2, 0.25) is 11.7 Å². The van der Waals surface area contributed by atoms with Gasteiger partial charge in [-0.1, -0.05) is 0 Å². The summed E-state index contributed by atoms with van der Waals surface area (Å²) in [6.45, 7) is 2.91. The third-order valence-electron chi connectivity index (χ3n) is 5.07. The monoisotopic (exact) mass is 471 g/mol. The predicted molar refractivity (Wildman–Crippen MR) is 102 cm³/mol. The van der Waals surface area contributed by atoms with Crippen LogP contribution in [0.3, 0.4) is 0 Å². The van der Waals surface area contributed by atoms with Crippen LogP contribution in [0, 0.1) is 0 Å². The van der Waals surface area contributed by atoms with Gasteiger partial charge in [0, 0.05) is 6.54 Å². The van der Waals surface area contributed by atoms with Gasteiger partial charge in [0.1, 0.15) is 16.6 Å². The molecule has 0 atom stereocenters. The van der Waals surface area contributed by atoms with Crippen LogP contribution in [0.1, 0.15) is 43.7 Å². The average molecular weight is 472 g/mol. The Labute approximate surface area is 175 Å². The van der Waals surface area contributed by atoms with Gasteiger partial charge in [-0.25, -0.2) is 4.79 Å². The van der Waals surface area contributed by atoms with Crippen molar-refractivity contribution in [2.24, 2.45) is 0 Å². The quantitative estimate of drug-likeness (QED) is 0.492. The highest BCUT2D eigenvalue weighted by Gasteiger charge is 2.45. The molecule has 29 heavy (non-hydrogen) atoms. The number of halogens is 1. The zero-order valence-corrected chi connectivity index (χ0v) is 17.8. The number of aromatic nitrogens is 1. The van der Waals surface area contributed by atoms with Crippen molar-refractivity contribution in [1.82, 2.24) is 26.0 Å². The molecule has 0 radical (unpaired) electrons. The summed E-state index contributed by atoms with van der Waals surface area (Å²) in [5.41, 5.74) is -1.67. The van der Waals surface area contributed by atoms with E-state index in [-0.39, 0.29) is 24.7 Å². The zero-order chi connectivity index (χ0) is 21.4. The zero-order valence-electron chi connectivity index (χ0n) is 16.3. The SMILES string of the molecule is COc1noc(C(=O)NC2(CNC(=O)CN3C(=O)NC(C)(C)C3=O)CCC2)c1Br. The van der Waals surface area contributed by atoms with Crippen molar-refractivity contribution in [3.63, 3.8) is 0 Å². The minimum atomic E-state index is -1.04. The van der Waals surface area contributed by atoms with E-state index in [1.807, 2.05) is 0 Å². The lowest BCUT2D eigenvalue weighted by Gasteiger charge is -2.42. The maximum absolute atomic E-state index is 12.5. The highest BCUT2D eigenvalue weighted by molar-refractivity contribution is 9.10. The fourth-order valence-electron chi connectivity index (χ4n) is 3.21. The summed E-state index contributed by atoms with van der Waals surface area (Å²) < 4.78 is 10.3. The Morgan fingerprint density at radius 1 is 1.34 bits per heavy atom. The van der Waals surface area contributed by atoms with E-state index in [9.17, 15) is 19.2 Å². The lowest BCUT2D eigenvalue weighted by molar-refractivity contribution is -0.134. The summed E-state index contributed by atoms with van der Waals surface area (Å²) in [7, 11) is 1.40. The van der Waals surface area contributed by atoms with Crippen LogP contribution in [0.25, 0.3) is 0 Å². The molecule has 1 aliphatic heterocycles. The number of rotatable bonds is 7. The van der Waals surface area contributed by atoms with E-state index < -0.39 is 34.8 Å². The number of hydrogen-bond donors (Lipinski definition) is 3. The van der Waals surface area contributed by atoms with Gasteiger partial charge in [-0.3, -0.25) is 19.3 Å². The van der Waals surface area contributed by atoms with Gasteiger partial charge in [0.05, 0.1) is 12.6 Å². The van der Waals surface area contributed by atoms with Crippen LogP contribution < -0.4 is 20.7 Å². The minimum Gasteiger partial charge on any atom is -0.478 e. The minimum absolute atomic E-state index is 0.0268. The fourth-order valence-corrected chi connectivity index (χ4v) is 3.70. The second-order valence-electron chi connectivity index (χ2n) is 7.65. The number of imide groups is 1. The van der Waals surface area contributed by atoms with Crippen LogP contribution in [0.2, 0.25) is 0 Å². The van der Waals surface area contributed by atoms with Gasteiger partial charge >= 0.3 is 6.03 Å². The highest BCUT2D eigenvalue weighted by Crippen LogP contribution is 2.33. The lowest BCUT2D eigenvalue weighted by atomic mass is 9.76. The first kappa shape index (κ1) is 21.1. The molecule has 1 aromatic heterocycles. The summed E-state index contributed by atoms with van der Waals surface area (Å²) in [4.78, 5) is 49.8. The number of nitrogens with one attached hydrogen (secondary N) is 3. The van der Waals surface area contributed by atoms with E-state index in [0.717, 1.165) is 11.3 Å². The van der Waals surface area contributed by atoms with E-state index in [1.54, 1.807) is 13.8 Å². The molecule has 5 amide bonds. The number of methoxy groups -OCH3 is 1. The van der Waals surface area contributed by atoms with E-state index >= 15 is 0 Å². The second kappa shape index (κ2) is 7.65. The molecule has 2 aliphatic rings. The number of ether oxygens (including phenoxy) is 1. The topological polar surface area (TPSA) is 143 Å². The number of carbonyl (C=O) groups is 4. The van der Waals surface area contributed by atoms with Crippen LogP contribution in [-0.2, 0) is 9.59 Å². The van der Waals surface area contributed by atoms with Crippen molar-refractivity contribution in [2.45, 2.75) is 44.2 Å². The largest absolute Gasteiger partial charge is 0.478 e. The first-order valence-electron chi connectivity index (χ1n) is 9.01. The van der Waals surface area contributed by atoms with Gasteiger partial charge in [0.25, 0.3) is 17.7 Å². The third kappa shape index (κ3) is 4.07. The molecule has 2 heterocycles. The molecule has 11 nitrogen and oxygen atoms in total. The van der Waals surface area contributed by atoms with Crippen LogP contribution in [-0.4, -0.2) is 65.1 Å². The maximum atomic E-state index is 12.5. The van der Waals surface area contributed by atoms with Gasteiger partial charge in [-0.05, 0) is 54.2 Å². The molecule has 12 heteroatoms. The summed E-state index contributed by atoms with van der Waals surface area (Å²) in [5, 5.41) is 11.7. The van der Waals surface area contributed by atoms with E-state index in [1.165, 1.54) is 7.11 Å². The molecule has 3 N–H and O–H groups in total. The number of urea groups is 1. The van der Waals surface area contributed by atoms with E-state index in [0.29, 0.717) is 17.3 Å². The Bertz CT molecular complexity index is 862. The molecule has 0 bridgehead atoms. The Hall–Kier alpha value is -2.63. The van der Waals surface area contributed by atoms with Crippen molar-refractivity contribution in [2.75, 3.05) is 20.2 Å². The van der Waals surface area contributed by atoms with Gasteiger partial charge in [-0.2, -0.15) is 0 Å². The normalized spacial score (nSPS) is 19.4. The molecule has 158 valence electrons. The Balaban J connectivity index is 1.57. The summed E-state index contributed by atoms with van der Waals surface area (Å²) in [6.07, 6.45) is 2.22. The summed E-state index contributed by atoms with van der Waals surface area (Å²) in [6, 6.07) is -0.606. The maximum Gasteiger partial charge on any atom is 0.325 e. The van der Waals surface area contributed by atoms with Gasteiger partial charge in [-0.15, -0.1) is 0 Å². The van der Waals surface area contributed by atoms with Crippen molar-refractivity contribution in [1.29, 1.82) is 0 Å². The van der Waals surface area contributed by atoms with Crippen LogP contribution in [0.5, 0.6) is 5.88 Å². The molecular weight excluding hydrogens is 450 g/mol. The van der Waals surface area contributed by atoms with E-state index in [4.69, 9.17) is 9.26 Å². The second-order valence-corrected chi connectivity index (χ2v) is 8.44. The van der Waals surface area contributed by atoms with E-state index in [2.05, 4.69) is 37.0 Å². The molecule has 0 aromatic carbocycles. The molecule has 1 aliphatic carbocycles. The summed E-state index contributed by atoms with van der Waals surface area (Å²) >= 11 is 3.20. The summed E-state index contributed by atoms with van der Waals surface area (Å²) in [5.74, 6) is -1.32. The molecule has 0 unspecified atom stereocenters. The highest BCUT2D eigenvalue weighted by atomic mass is 79.9. The molecule has 2 fully saturated rings.